The van der Waals surface area contributed by atoms with Crippen LogP contribution in [0.2, 0.25) is 0 Å². The van der Waals surface area contributed by atoms with E-state index in [1.165, 1.54) is 12.1 Å². The van der Waals surface area contributed by atoms with Crippen LogP contribution in [0, 0.1) is 11.3 Å². The molecule has 0 bridgehead atoms. The van der Waals surface area contributed by atoms with Crippen molar-refractivity contribution in [2.24, 2.45) is 0 Å². The van der Waals surface area contributed by atoms with Crippen molar-refractivity contribution in [3.8, 4) is 17.3 Å². The second-order valence-electron chi connectivity index (χ2n) is 6.26. The van der Waals surface area contributed by atoms with Crippen LogP contribution < -0.4 is 11.2 Å². The molecular formula is C21H12N4O2. The second-order valence-corrected chi connectivity index (χ2v) is 6.26. The van der Waals surface area contributed by atoms with Crippen molar-refractivity contribution in [2.75, 3.05) is 5.73 Å². The maximum absolute atomic E-state index is 11.8. The summed E-state index contributed by atoms with van der Waals surface area (Å²) in [6.07, 6.45) is 0. The van der Waals surface area contributed by atoms with Gasteiger partial charge in [0.1, 0.15) is 23.0 Å². The quantitative estimate of drug-likeness (QED) is 0.351. The Balaban J connectivity index is 2.07. The number of aromatic nitrogens is 2. The first kappa shape index (κ1) is 15.2. The molecule has 5 aromatic rings. The van der Waals surface area contributed by atoms with Crippen molar-refractivity contribution in [3.05, 3.63) is 70.4 Å². The number of aromatic amines is 1. The molecule has 128 valence electrons. The minimum Gasteiger partial charge on any atom is -0.437 e. The van der Waals surface area contributed by atoms with E-state index >= 15 is 0 Å². The number of nitrogens with zero attached hydrogens (tertiary/aromatic N) is 2. The summed E-state index contributed by atoms with van der Waals surface area (Å²) in [5.74, 6) is 0.0779. The Hall–Kier alpha value is -4.11. The van der Waals surface area contributed by atoms with E-state index in [1.54, 1.807) is 6.07 Å². The molecular weight excluding hydrogens is 340 g/mol. The van der Waals surface area contributed by atoms with Gasteiger partial charge < -0.3 is 15.1 Å². The predicted octanol–water partition coefficient (Wildman–Crippen LogP) is 3.94. The van der Waals surface area contributed by atoms with E-state index < -0.39 is 0 Å². The second kappa shape index (κ2) is 5.44. The average molecular weight is 352 g/mol. The molecule has 0 amide bonds. The van der Waals surface area contributed by atoms with Gasteiger partial charge >= 0.3 is 0 Å². The number of nitrogens with two attached hydrogens (primary N) is 1. The highest BCUT2D eigenvalue weighted by atomic mass is 16.3. The van der Waals surface area contributed by atoms with E-state index in [0.29, 0.717) is 16.5 Å². The zero-order valence-electron chi connectivity index (χ0n) is 14.0. The number of fused-ring (bicyclic) bond motifs is 2. The van der Waals surface area contributed by atoms with Crippen LogP contribution in [0.4, 0.5) is 5.82 Å². The Morgan fingerprint density at radius 2 is 1.89 bits per heavy atom. The summed E-state index contributed by atoms with van der Waals surface area (Å²) in [5, 5.41) is 11.9. The standard InChI is InChI=1S/C21H12N4O2/c22-10-15-19-18-14(9-16(24-19)11-4-2-1-3-5-11)13-7-6-12(26)8-17(13)27-21(18)25-20(15)23/h1-9,24H,(H2,23,25). The van der Waals surface area contributed by atoms with Gasteiger partial charge in [0.05, 0.1) is 10.9 Å². The lowest BCUT2D eigenvalue weighted by atomic mass is 10.0. The minimum absolute atomic E-state index is 0.0779. The number of anilines is 1. The van der Waals surface area contributed by atoms with Gasteiger partial charge in [-0.15, -0.1) is 0 Å². The van der Waals surface area contributed by atoms with Crippen LogP contribution in [-0.4, -0.2) is 9.97 Å². The third-order valence-corrected chi connectivity index (χ3v) is 4.66. The van der Waals surface area contributed by atoms with Crippen molar-refractivity contribution in [1.29, 1.82) is 5.26 Å². The molecule has 2 aromatic carbocycles. The molecule has 0 saturated heterocycles. The average Bonchev–Trinajstić information content (AvgIpc) is 2.68. The van der Waals surface area contributed by atoms with E-state index in [1.807, 2.05) is 36.4 Å². The van der Waals surface area contributed by atoms with Crippen LogP contribution in [-0.2, 0) is 0 Å². The van der Waals surface area contributed by atoms with Gasteiger partial charge in [-0.25, -0.2) is 0 Å². The largest absolute Gasteiger partial charge is 0.437 e. The van der Waals surface area contributed by atoms with Crippen LogP contribution >= 0.6 is 0 Å². The number of nitrogens with one attached hydrogen (secondary N) is 1. The van der Waals surface area contributed by atoms with E-state index in [-0.39, 0.29) is 22.5 Å². The monoisotopic (exact) mass is 352 g/mol. The number of hydrogen-bond donors (Lipinski definition) is 2. The van der Waals surface area contributed by atoms with E-state index in [4.69, 9.17) is 10.2 Å². The maximum atomic E-state index is 11.8. The van der Waals surface area contributed by atoms with Crippen LogP contribution in [0.1, 0.15) is 5.56 Å². The summed E-state index contributed by atoms with van der Waals surface area (Å²) in [6, 6.07) is 18.5. The number of nitrogen functional groups attached to an aromatic ring is 1. The topological polar surface area (TPSA) is 109 Å². The molecule has 0 unspecified atom stereocenters. The molecule has 0 aliphatic rings. The van der Waals surface area contributed by atoms with Crippen LogP contribution in [0.15, 0.2) is 63.8 Å². The lowest BCUT2D eigenvalue weighted by molar-refractivity contribution is 0.647. The fourth-order valence-electron chi connectivity index (χ4n) is 3.43. The van der Waals surface area contributed by atoms with Crippen LogP contribution in [0.3, 0.4) is 0 Å². The van der Waals surface area contributed by atoms with E-state index in [2.05, 4.69) is 16.0 Å². The zero-order chi connectivity index (χ0) is 18.5. The van der Waals surface area contributed by atoms with Crippen molar-refractivity contribution in [3.63, 3.8) is 0 Å². The smallest absolute Gasteiger partial charge is 0.231 e. The number of benzene rings is 2. The zero-order valence-corrected chi connectivity index (χ0v) is 14.0. The highest BCUT2D eigenvalue weighted by Crippen LogP contribution is 2.36. The van der Waals surface area contributed by atoms with Gasteiger partial charge in [-0.3, -0.25) is 4.79 Å². The summed E-state index contributed by atoms with van der Waals surface area (Å²) < 4.78 is 5.84. The fourth-order valence-corrected chi connectivity index (χ4v) is 3.43. The SMILES string of the molecule is N#Cc1c(N)nc2oc3cc(=O)ccc3c3cc(-c4ccccc4)[nH]c1c23. The van der Waals surface area contributed by atoms with E-state index in [0.717, 1.165) is 22.0 Å². The van der Waals surface area contributed by atoms with Crippen molar-refractivity contribution in [2.45, 2.75) is 0 Å². The maximum Gasteiger partial charge on any atom is 0.231 e. The van der Waals surface area contributed by atoms with Crippen molar-refractivity contribution in [1.82, 2.24) is 9.97 Å². The Morgan fingerprint density at radius 3 is 2.67 bits per heavy atom. The van der Waals surface area contributed by atoms with Gasteiger partial charge in [-0.1, -0.05) is 30.3 Å². The molecule has 0 atom stereocenters. The fraction of sp³-hybridized carbons (Fsp3) is 0. The van der Waals surface area contributed by atoms with Gasteiger partial charge in [0.25, 0.3) is 0 Å². The first-order chi connectivity index (χ1) is 13.2. The number of rotatable bonds is 1. The molecule has 5 rings (SSSR count). The molecule has 6 nitrogen and oxygen atoms in total. The molecule has 0 saturated carbocycles. The summed E-state index contributed by atoms with van der Waals surface area (Å²) >= 11 is 0. The number of pyridine rings is 2. The minimum atomic E-state index is -0.152. The Bertz CT molecular complexity index is 1460. The first-order valence-electron chi connectivity index (χ1n) is 8.30. The summed E-state index contributed by atoms with van der Waals surface area (Å²) in [4.78, 5) is 19.3. The number of H-pyrrole nitrogens is 1. The third kappa shape index (κ3) is 2.19. The van der Waals surface area contributed by atoms with Crippen LogP contribution in [0.25, 0.3) is 44.2 Å². The van der Waals surface area contributed by atoms with Crippen LogP contribution in [0.5, 0.6) is 0 Å². The van der Waals surface area contributed by atoms with Gasteiger partial charge in [0.2, 0.25) is 5.71 Å². The molecule has 0 aliphatic carbocycles. The number of hydrogen-bond acceptors (Lipinski definition) is 5. The van der Waals surface area contributed by atoms with Crippen molar-refractivity contribution < 1.29 is 4.42 Å². The lowest BCUT2D eigenvalue weighted by Crippen LogP contribution is -2.01. The first-order valence-corrected chi connectivity index (χ1v) is 8.30. The molecule has 0 fully saturated rings. The summed E-state index contributed by atoms with van der Waals surface area (Å²) in [6.45, 7) is 0. The highest BCUT2D eigenvalue weighted by molar-refractivity contribution is 6.18. The number of nitriles is 1. The molecule has 0 radical (unpaired) electrons. The molecule has 3 heterocycles. The molecule has 0 spiro atoms. The lowest BCUT2D eigenvalue weighted by Gasteiger charge is -2.13. The molecule has 3 N–H and O–H groups in total. The Kier molecular flexibility index (Phi) is 3.06. The molecule has 6 heteroatoms. The van der Waals surface area contributed by atoms with Crippen molar-refractivity contribution >= 4 is 38.8 Å². The third-order valence-electron chi connectivity index (χ3n) is 4.66. The Morgan fingerprint density at radius 1 is 1.07 bits per heavy atom. The normalized spacial score (nSPS) is 11.2. The van der Waals surface area contributed by atoms with Gasteiger partial charge in [-0.05, 0) is 23.8 Å². The summed E-state index contributed by atoms with van der Waals surface area (Å²) in [5.41, 5.74) is 9.17. The summed E-state index contributed by atoms with van der Waals surface area (Å²) in [7, 11) is 0. The predicted molar refractivity (Wildman–Crippen MR) is 104 cm³/mol. The van der Waals surface area contributed by atoms with Gasteiger partial charge in [0.15, 0.2) is 5.43 Å². The van der Waals surface area contributed by atoms with E-state index in [9.17, 15) is 10.1 Å². The molecule has 3 aromatic heterocycles. The van der Waals surface area contributed by atoms with Gasteiger partial charge in [0, 0.05) is 22.5 Å². The highest BCUT2D eigenvalue weighted by Gasteiger charge is 2.18. The Labute approximate surface area is 152 Å². The molecule has 0 aliphatic heterocycles. The molecule has 27 heavy (non-hydrogen) atoms. The van der Waals surface area contributed by atoms with Gasteiger partial charge in [-0.2, -0.15) is 10.2 Å².